The molecule has 3 aromatic rings. The van der Waals surface area contributed by atoms with E-state index in [2.05, 4.69) is 20.7 Å². The molecule has 4 heterocycles. The molecule has 0 radical (unpaired) electrons. The number of amides is 2. The number of pyridine rings is 1. The predicted molar refractivity (Wildman–Crippen MR) is 148 cm³/mol. The number of alkyl halides is 3. The van der Waals surface area contributed by atoms with Crippen molar-refractivity contribution in [3.8, 4) is 11.6 Å². The number of methoxy groups -OCH3 is 1. The van der Waals surface area contributed by atoms with Gasteiger partial charge in [0.05, 0.1) is 36.1 Å². The van der Waals surface area contributed by atoms with E-state index in [1.165, 1.54) is 30.3 Å². The summed E-state index contributed by atoms with van der Waals surface area (Å²) in [5, 5.41) is 13.5. The van der Waals surface area contributed by atoms with Crippen LogP contribution in [0, 0.1) is 17.2 Å². The summed E-state index contributed by atoms with van der Waals surface area (Å²) in [5.41, 5.74) is 1.81. The number of nitrogens with one attached hydrogen (secondary N) is 1. The van der Waals surface area contributed by atoms with E-state index in [9.17, 15) is 22.8 Å². The van der Waals surface area contributed by atoms with Gasteiger partial charge in [0.1, 0.15) is 0 Å². The Kier molecular flexibility index (Phi) is 7.88. The van der Waals surface area contributed by atoms with Crippen molar-refractivity contribution in [1.82, 2.24) is 20.0 Å². The molecule has 0 bridgehead atoms. The van der Waals surface area contributed by atoms with Crippen molar-refractivity contribution in [3.05, 3.63) is 59.0 Å². The van der Waals surface area contributed by atoms with E-state index in [-0.39, 0.29) is 65.7 Å². The number of aromatic nitrogens is 2. The zero-order chi connectivity index (χ0) is 31.1. The summed E-state index contributed by atoms with van der Waals surface area (Å²) in [6, 6.07) is 8.69. The predicted octanol–water partition coefficient (Wildman–Crippen LogP) is 4.79. The van der Waals surface area contributed by atoms with Crippen molar-refractivity contribution < 1.29 is 36.6 Å². The Morgan fingerprint density at radius 1 is 1.12 bits per heavy atom. The monoisotopic (exact) mass is 602 g/mol. The van der Waals surface area contributed by atoms with Gasteiger partial charge in [-0.15, -0.1) is 0 Å². The number of hydrogen-bond donors (Lipinski definition) is 1. The Labute approximate surface area is 244 Å². The van der Waals surface area contributed by atoms with Gasteiger partial charge in [-0.2, -0.15) is 33.0 Å². The molecule has 2 amide bonds. The highest BCUT2D eigenvalue weighted by Gasteiger charge is 2.41. The number of fused-ring (bicyclic) bond motifs is 1. The van der Waals surface area contributed by atoms with Crippen LogP contribution in [0.25, 0.3) is 5.52 Å². The van der Waals surface area contributed by atoms with Crippen LogP contribution < -0.4 is 14.9 Å². The highest BCUT2D eigenvalue weighted by molar-refractivity contribution is 6.19. The molecule has 14 heteroatoms. The van der Waals surface area contributed by atoms with Crippen LogP contribution in [0.4, 0.5) is 17.6 Å². The summed E-state index contributed by atoms with van der Waals surface area (Å²) in [5.74, 6) is -1.37. The van der Waals surface area contributed by atoms with Gasteiger partial charge in [-0.3, -0.25) is 9.59 Å². The lowest BCUT2D eigenvalue weighted by Gasteiger charge is -2.28. The van der Waals surface area contributed by atoms with Crippen molar-refractivity contribution in [2.75, 3.05) is 20.3 Å². The molecule has 1 aromatic carbocycles. The second kappa shape index (κ2) is 11.3. The molecule has 43 heavy (non-hydrogen) atoms. The van der Waals surface area contributed by atoms with E-state index in [4.69, 9.17) is 9.47 Å². The highest BCUT2D eigenvalue weighted by Crippen LogP contribution is 2.34. The summed E-state index contributed by atoms with van der Waals surface area (Å²) in [7, 11) is 1.34. The third-order valence-corrected chi connectivity index (χ3v) is 7.50. The summed E-state index contributed by atoms with van der Waals surface area (Å²) in [6.07, 6.45) is -3.59. The molecule has 0 fully saturated rings. The first-order chi connectivity index (χ1) is 20.3. The first-order valence-electron chi connectivity index (χ1n) is 13.7. The minimum absolute atomic E-state index is 0.0149. The Bertz CT molecular complexity index is 1650. The van der Waals surface area contributed by atoms with Crippen LogP contribution in [-0.2, 0) is 15.8 Å². The topological polar surface area (TPSA) is 110 Å². The number of halogens is 4. The highest BCUT2D eigenvalue weighted by atomic mass is 19.4. The van der Waals surface area contributed by atoms with Gasteiger partial charge < -0.3 is 9.47 Å². The molecule has 1 N–H and O–H groups in total. The maximum absolute atomic E-state index is 15.2. The van der Waals surface area contributed by atoms with Gasteiger partial charge in [0.25, 0.3) is 5.91 Å². The second-order valence-corrected chi connectivity index (χ2v) is 10.9. The van der Waals surface area contributed by atoms with Crippen molar-refractivity contribution in [3.63, 3.8) is 0 Å². The average molecular weight is 603 g/mol. The van der Waals surface area contributed by atoms with Crippen molar-refractivity contribution in [2.45, 2.75) is 46.2 Å². The van der Waals surface area contributed by atoms with Crippen molar-refractivity contribution in [1.29, 1.82) is 0 Å². The van der Waals surface area contributed by atoms with E-state index in [0.29, 0.717) is 24.1 Å². The van der Waals surface area contributed by atoms with Crippen LogP contribution in [0.3, 0.4) is 0 Å². The van der Waals surface area contributed by atoms with Crippen LogP contribution in [0.1, 0.15) is 56.9 Å². The Balaban J connectivity index is 1.27. The van der Waals surface area contributed by atoms with Gasteiger partial charge >= 0.3 is 6.18 Å². The number of carbonyl (C=O) groups excluding carboxylic acids is 2. The van der Waals surface area contributed by atoms with E-state index < -0.39 is 23.1 Å². The van der Waals surface area contributed by atoms with Gasteiger partial charge in [0, 0.05) is 36.1 Å². The number of ether oxygens (including phenoxy) is 2. The number of nitrogens with zero attached hydrogens (tertiary/aromatic N) is 5. The molecule has 2 aliphatic rings. The van der Waals surface area contributed by atoms with Gasteiger partial charge in [0.15, 0.2) is 17.3 Å². The molecule has 0 aliphatic carbocycles. The summed E-state index contributed by atoms with van der Waals surface area (Å²) in [6.45, 7) is 5.49. The third kappa shape index (κ3) is 5.65. The molecule has 5 rings (SSSR count). The Morgan fingerprint density at radius 2 is 1.88 bits per heavy atom. The quantitative estimate of drug-likeness (QED) is 0.280. The number of benzene rings is 1. The summed E-state index contributed by atoms with van der Waals surface area (Å²) >= 11 is 0. The molecule has 0 saturated heterocycles. The number of hydrazone groups is 2. The number of unbranched alkanes of at least 4 members (excludes halogenated alkanes) is 1. The minimum atomic E-state index is -4.65. The lowest BCUT2D eigenvalue weighted by atomic mass is 9.83. The van der Waals surface area contributed by atoms with Gasteiger partial charge in [-0.1, -0.05) is 13.0 Å². The smallest absolute Gasteiger partial charge is 0.435 e. The normalized spacial score (nSPS) is 18.5. The molecule has 2 aliphatic heterocycles. The maximum Gasteiger partial charge on any atom is 0.435 e. The van der Waals surface area contributed by atoms with E-state index in [0.717, 1.165) is 10.6 Å². The second-order valence-electron chi connectivity index (χ2n) is 10.9. The fourth-order valence-corrected chi connectivity index (χ4v) is 5.05. The van der Waals surface area contributed by atoms with E-state index in [1.807, 2.05) is 0 Å². The Morgan fingerprint density at radius 3 is 2.56 bits per heavy atom. The van der Waals surface area contributed by atoms with E-state index in [1.54, 1.807) is 32.9 Å². The SMILES string of the molecule is COc1ccc(C2=NN(CCCCOc3cccc(C4=NNC(=O)C4(C)C)c3F)C(=O)CC2C)c2cc(C(F)(F)F)nn12. The summed E-state index contributed by atoms with van der Waals surface area (Å²) in [4.78, 5) is 24.8. The fraction of sp³-hybridized carbons (Fsp3) is 0.414. The van der Waals surface area contributed by atoms with Gasteiger partial charge in [-0.25, -0.2) is 14.8 Å². The van der Waals surface area contributed by atoms with Crippen LogP contribution >= 0.6 is 0 Å². The maximum atomic E-state index is 15.2. The molecule has 10 nitrogen and oxygen atoms in total. The van der Waals surface area contributed by atoms with E-state index >= 15 is 4.39 Å². The molecule has 0 spiro atoms. The molecular weight excluding hydrogens is 572 g/mol. The zero-order valence-electron chi connectivity index (χ0n) is 24.0. The zero-order valence-corrected chi connectivity index (χ0v) is 24.0. The van der Waals surface area contributed by atoms with Gasteiger partial charge in [0.2, 0.25) is 11.8 Å². The van der Waals surface area contributed by atoms with Crippen LogP contribution in [0.15, 0.2) is 46.6 Å². The van der Waals surface area contributed by atoms with Crippen LogP contribution in [-0.4, -0.2) is 58.1 Å². The minimum Gasteiger partial charge on any atom is -0.490 e. The molecule has 1 atom stereocenters. The third-order valence-electron chi connectivity index (χ3n) is 7.50. The fourth-order valence-electron chi connectivity index (χ4n) is 5.05. The Hall–Kier alpha value is -4.49. The van der Waals surface area contributed by atoms with Gasteiger partial charge in [-0.05, 0) is 51.0 Å². The number of hydrogen-bond acceptors (Lipinski definition) is 7. The molecule has 0 saturated carbocycles. The summed E-state index contributed by atoms with van der Waals surface area (Å²) < 4.78 is 67.5. The van der Waals surface area contributed by atoms with Crippen LogP contribution in [0.5, 0.6) is 11.6 Å². The molecule has 1 unspecified atom stereocenters. The van der Waals surface area contributed by atoms with Crippen molar-refractivity contribution >= 4 is 28.8 Å². The van der Waals surface area contributed by atoms with Crippen molar-refractivity contribution in [2.24, 2.45) is 21.5 Å². The first-order valence-corrected chi connectivity index (χ1v) is 13.7. The standard InChI is InChI=1S/C29H30F4N6O4/c1-16-14-22(40)38(37-25(16)17-10-11-23(42-4)39-19(17)15-21(36-39)29(31,32)33)12-5-6-13-43-20-9-7-8-18(24(20)30)26-28(2,3)27(41)35-34-26/h7-11,15-16H,5-6,12-14H2,1-4H3,(H,35,41). The first kappa shape index (κ1) is 30.0. The van der Waals surface area contributed by atoms with Crippen LogP contribution in [0.2, 0.25) is 0 Å². The average Bonchev–Trinajstić information content (AvgIpc) is 3.52. The molecular formula is C29H30F4N6O4. The number of rotatable bonds is 9. The largest absolute Gasteiger partial charge is 0.490 e. The lowest BCUT2D eigenvalue weighted by molar-refractivity contribution is -0.141. The number of carbonyl (C=O) groups is 2. The lowest BCUT2D eigenvalue weighted by Crippen LogP contribution is -2.37. The molecule has 228 valence electrons. The molecule has 2 aromatic heterocycles.